The number of fused-ring (bicyclic) bond motifs is 1. The average Bonchev–Trinajstić information content (AvgIpc) is 3.05. The van der Waals surface area contributed by atoms with Crippen molar-refractivity contribution in [3.63, 3.8) is 0 Å². The van der Waals surface area contributed by atoms with E-state index in [-0.39, 0.29) is 11.5 Å². The Morgan fingerprint density at radius 1 is 1.17 bits per heavy atom. The maximum atomic E-state index is 12.6. The summed E-state index contributed by atoms with van der Waals surface area (Å²) in [7, 11) is 1.62. The van der Waals surface area contributed by atoms with Gasteiger partial charge in [-0.25, -0.2) is 4.98 Å². The summed E-state index contributed by atoms with van der Waals surface area (Å²) in [6, 6.07) is 8.99. The Kier molecular flexibility index (Phi) is 5.94. The highest BCUT2D eigenvalue weighted by molar-refractivity contribution is 7.71. The van der Waals surface area contributed by atoms with E-state index in [0.29, 0.717) is 27.8 Å². The maximum Gasteiger partial charge on any atom is 0.261 e. The van der Waals surface area contributed by atoms with E-state index in [0.717, 1.165) is 24.5 Å². The highest BCUT2D eigenvalue weighted by Gasteiger charge is 2.12. The first kappa shape index (κ1) is 20.3. The summed E-state index contributed by atoms with van der Waals surface area (Å²) in [5, 5.41) is 3.41. The number of carbonyl (C=O) groups excluding carboxylic acids is 1. The van der Waals surface area contributed by atoms with Crippen molar-refractivity contribution in [2.24, 2.45) is 7.05 Å². The van der Waals surface area contributed by atoms with Gasteiger partial charge in [-0.15, -0.1) is 0 Å². The van der Waals surface area contributed by atoms with Gasteiger partial charge in [0, 0.05) is 38.4 Å². The van der Waals surface area contributed by atoms with Crippen molar-refractivity contribution in [1.82, 2.24) is 19.9 Å². The van der Waals surface area contributed by atoms with Crippen molar-refractivity contribution in [2.75, 3.05) is 18.0 Å². The fourth-order valence-corrected chi connectivity index (χ4v) is 3.93. The molecule has 0 aliphatic carbocycles. The third kappa shape index (κ3) is 4.28. The topological polar surface area (TPSA) is 83.0 Å². The molecule has 156 valence electrons. The zero-order valence-electron chi connectivity index (χ0n) is 17.0. The minimum absolute atomic E-state index is 0.184. The molecule has 1 aliphatic heterocycles. The number of aromatic amines is 1. The number of nitrogens with zero attached hydrogens (tertiary/aromatic N) is 3. The van der Waals surface area contributed by atoms with E-state index in [2.05, 4.69) is 20.2 Å². The monoisotopic (exact) mass is 423 g/mol. The summed E-state index contributed by atoms with van der Waals surface area (Å²) >= 11 is 5.15. The van der Waals surface area contributed by atoms with E-state index in [1.807, 2.05) is 18.3 Å². The molecule has 3 aromatic rings. The van der Waals surface area contributed by atoms with Crippen LogP contribution in [0.4, 0.5) is 5.82 Å². The summed E-state index contributed by atoms with van der Waals surface area (Å²) in [5.74, 6) is 0.784. The molecule has 0 bridgehead atoms. The lowest BCUT2D eigenvalue weighted by molar-refractivity contribution is 0.0951. The second-order valence-corrected chi connectivity index (χ2v) is 8.05. The number of hydrogen-bond donors (Lipinski definition) is 2. The zero-order chi connectivity index (χ0) is 21.1. The molecule has 1 aromatic carbocycles. The Labute approximate surface area is 179 Å². The molecule has 7 nitrogen and oxygen atoms in total. The van der Waals surface area contributed by atoms with Crippen molar-refractivity contribution >= 4 is 34.8 Å². The smallest absolute Gasteiger partial charge is 0.261 e. The van der Waals surface area contributed by atoms with Crippen LogP contribution in [0.25, 0.3) is 10.9 Å². The van der Waals surface area contributed by atoms with E-state index < -0.39 is 0 Å². The molecule has 0 unspecified atom stereocenters. The second-order valence-electron chi connectivity index (χ2n) is 7.66. The van der Waals surface area contributed by atoms with Crippen molar-refractivity contribution in [3.05, 3.63) is 62.8 Å². The van der Waals surface area contributed by atoms with Crippen LogP contribution in [0.3, 0.4) is 0 Å². The van der Waals surface area contributed by atoms with E-state index in [9.17, 15) is 9.59 Å². The average molecular weight is 424 g/mol. The van der Waals surface area contributed by atoms with Gasteiger partial charge in [0.15, 0.2) is 4.77 Å². The van der Waals surface area contributed by atoms with Crippen LogP contribution in [-0.2, 0) is 13.6 Å². The molecule has 1 fully saturated rings. The van der Waals surface area contributed by atoms with E-state index in [4.69, 9.17) is 12.2 Å². The van der Waals surface area contributed by atoms with Gasteiger partial charge in [0.1, 0.15) is 5.82 Å². The standard InChI is InChI=1S/C22H25N5O2S/c1-26-21(29)17-8-7-16(12-18(17)25-22(26)30)20(28)24-14-15-6-9-19(23-13-15)27-10-4-2-3-5-11-27/h6-9,12-13H,2-5,10-11,14H2,1H3,(H,24,28)(H,25,30). The number of amides is 1. The summed E-state index contributed by atoms with van der Waals surface area (Å²) in [4.78, 5) is 34.8. The van der Waals surface area contributed by atoms with Gasteiger partial charge in [-0.1, -0.05) is 18.9 Å². The van der Waals surface area contributed by atoms with Crippen molar-refractivity contribution in [1.29, 1.82) is 0 Å². The fourth-order valence-electron chi connectivity index (χ4n) is 3.74. The Bertz CT molecular complexity index is 1170. The molecule has 2 N–H and O–H groups in total. The molecule has 2 aromatic heterocycles. The largest absolute Gasteiger partial charge is 0.357 e. The molecule has 8 heteroatoms. The van der Waals surface area contributed by atoms with E-state index in [1.165, 1.54) is 30.3 Å². The lowest BCUT2D eigenvalue weighted by Gasteiger charge is -2.21. The second kappa shape index (κ2) is 8.79. The minimum atomic E-state index is -0.214. The van der Waals surface area contributed by atoms with Gasteiger partial charge in [0.05, 0.1) is 10.9 Å². The molecule has 30 heavy (non-hydrogen) atoms. The normalized spacial score (nSPS) is 14.5. The number of nitrogens with one attached hydrogen (secondary N) is 2. The van der Waals surface area contributed by atoms with Crippen LogP contribution in [0, 0.1) is 4.77 Å². The Balaban J connectivity index is 1.43. The van der Waals surface area contributed by atoms with Gasteiger partial charge in [-0.3, -0.25) is 14.2 Å². The number of rotatable bonds is 4. The molecule has 1 aliphatic rings. The van der Waals surface area contributed by atoms with Crippen molar-refractivity contribution < 1.29 is 4.79 Å². The van der Waals surface area contributed by atoms with Gasteiger partial charge in [0.2, 0.25) is 0 Å². The number of benzene rings is 1. The van der Waals surface area contributed by atoms with Gasteiger partial charge in [-0.2, -0.15) is 0 Å². The van der Waals surface area contributed by atoms with Gasteiger partial charge in [0.25, 0.3) is 11.5 Å². The molecule has 1 amide bonds. The first-order chi connectivity index (χ1) is 14.5. The third-order valence-corrected chi connectivity index (χ3v) is 5.93. The molecule has 0 saturated carbocycles. The summed E-state index contributed by atoms with van der Waals surface area (Å²) in [5.41, 5.74) is 1.78. The number of hydrogen-bond acceptors (Lipinski definition) is 5. The predicted molar refractivity (Wildman–Crippen MR) is 120 cm³/mol. The molecule has 0 spiro atoms. The van der Waals surface area contributed by atoms with Gasteiger partial charge < -0.3 is 15.2 Å². The number of anilines is 1. The molecule has 4 rings (SSSR count). The van der Waals surface area contributed by atoms with Crippen LogP contribution in [-0.4, -0.2) is 33.5 Å². The Hall–Kier alpha value is -3.00. The molecular weight excluding hydrogens is 398 g/mol. The molecule has 0 radical (unpaired) electrons. The summed E-state index contributed by atoms with van der Waals surface area (Å²) in [6.45, 7) is 2.49. The lowest BCUT2D eigenvalue weighted by Crippen LogP contribution is -2.25. The van der Waals surface area contributed by atoms with Gasteiger partial charge in [-0.05, 0) is 54.9 Å². The van der Waals surface area contributed by atoms with Crippen molar-refractivity contribution in [2.45, 2.75) is 32.2 Å². The first-order valence-corrected chi connectivity index (χ1v) is 10.6. The first-order valence-electron chi connectivity index (χ1n) is 10.2. The zero-order valence-corrected chi connectivity index (χ0v) is 17.8. The Morgan fingerprint density at radius 3 is 2.63 bits per heavy atom. The highest BCUT2D eigenvalue weighted by Crippen LogP contribution is 2.17. The van der Waals surface area contributed by atoms with E-state index >= 15 is 0 Å². The summed E-state index contributed by atoms with van der Waals surface area (Å²) < 4.78 is 1.69. The van der Waals surface area contributed by atoms with E-state index in [1.54, 1.807) is 25.2 Å². The quantitative estimate of drug-likeness (QED) is 0.629. The van der Waals surface area contributed by atoms with Crippen LogP contribution < -0.4 is 15.8 Å². The maximum absolute atomic E-state index is 12.6. The fraction of sp³-hybridized carbons (Fsp3) is 0.364. The van der Waals surface area contributed by atoms with Crippen LogP contribution in [0.5, 0.6) is 0 Å². The number of aromatic nitrogens is 3. The molecular formula is C22H25N5O2S. The highest BCUT2D eigenvalue weighted by atomic mass is 32.1. The van der Waals surface area contributed by atoms with Crippen LogP contribution in [0.1, 0.15) is 41.6 Å². The predicted octanol–water partition coefficient (Wildman–Crippen LogP) is 3.30. The van der Waals surface area contributed by atoms with Crippen molar-refractivity contribution in [3.8, 4) is 0 Å². The van der Waals surface area contributed by atoms with Crippen LogP contribution >= 0.6 is 12.2 Å². The summed E-state index contributed by atoms with van der Waals surface area (Å²) in [6.07, 6.45) is 6.82. The lowest BCUT2D eigenvalue weighted by atomic mass is 10.1. The minimum Gasteiger partial charge on any atom is -0.357 e. The molecule has 3 heterocycles. The SMILES string of the molecule is Cn1c(=S)[nH]c2cc(C(=O)NCc3ccc(N4CCCCCC4)nc3)ccc2c1=O. The van der Waals surface area contributed by atoms with Gasteiger partial charge >= 0.3 is 0 Å². The number of pyridine rings is 1. The van der Waals surface area contributed by atoms with Crippen LogP contribution in [0.15, 0.2) is 41.3 Å². The third-order valence-electron chi connectivity index (χ3n) is 5.56. The number of H-pyrrole nitrogens is 1. The number of carbonyl (C=O) groups is 1. The van der Waals surface area contributed by atoms with Crippen LogP contribution in [0.2, 0.25) is 0 Å². The molecule has 1 saturated heterocycles. The Morgan fingerprint density at radius 2 is 1.93 bits per heavy atom. The molecule has 0 atom stereocenters.